The summed E-state index contributed by atoms with van der Waals surface area (Å²) in [6, 6.07) is 15.2. The van der Waals surface area contributed by atoms with Crippen molar-refractivity contribution in [3.8, 4) is 5.82 Å². The van der Waals surface area contributed by atoms with Crippen LogP contribution in [0, 0.1) is 0 Å². The molecule has 0 aliphatic heterocycles. The Kier molecular flexibility index (Phi) is 4.99. The Labute approximate surface area is 169 Å². The van der Waals surface area contributed by atoms with E-state index in [1.165, 1.54) is 6.07 Å². The molecule has 4 aromatic rings. The lowest BCUT2D eigenvalue weighted by Crippen LogP contribution is -2.11. The van der Waals surface area contributed by atoms with Crippen molar-refractivity contribution in [3.63, 3.8) is 0 Å². The number of anilines is 3. The maximum Gasteiger partial charge on any atom is 0.271 e. The number of benzene rings is 1. The quantitative estimate of drug-likeness (QED) is 0.478. The molecule has 4 rings (SSSR count). The number of nitrogens with one attached hydrogen (secondary N) is 2. The molecule has 3 aromatic heterocycles. The van der Waals surface area contributed by atoms with Crippen LogP contribution in [0.5, 0.6) is 0 Å². The second-order valence-electron chi connectivity index (χ2n) is 5.59. The summed E-state index contributed by atoms with van der Waals surface area (Å²) < 4.78 is 29.3. The zero-order valence-electron chi connectivity index (χ0n) is 14.2. The lowest BCUT2D eigenvalue weighted by atomic mass is 10.3. The fourth-order valence-corrected chi connectivity index (χ4v) is 4.88. The molecule has 0 aliphatic rings. The number of hydrogen-bond acceptors (Lipinski definition) is 7. The third-order valence-electron chi connectivity index (χ3n) is 3.61. The van der Waals surface area contributed by atoms with Crippen molar-refractivity contribution in [1.82, 2.24) is 20.0 Å². The van der Waals surface area contributed by atoms with E-state index in [0.717, 1.165) is 17.0 Å². The fourth-order valence-electron chi connectivity index (χ4n) is 2.34. The first kappa shape index (κ1) is 18.4. The first-order valence-electron chi connectivity index (χ1n) is 7.99. The minimum atomic E-state index is -3.66. The van der Waals surface area contributed by atoms with Crippen LogP contribution in [0.4, 0.5) is 17.2 Å². The molecule has 11 heteroatoms. The van der Waals surface area contributed by atoms with Gasteiger partial charge in [-0.05, 0) is 54.6 Å². The zero-order chi connectivity index (χ0) is 19.6. The average molecular weight is 433 g/mol. The fraction of sp³-hybridized carbons (Fsp3) is 0. The highest BCUT2D eigenvalue weighted by Gasteiger charge is 2.16. The molecule has 0 aliphatic carbocycles. The summed E-state index contributed by atoms with van der Waals surface area (Å²) >= 11 is 6.81. The van der Waals surface area contributed by atoms with E-state index >= 15 is 0 Å². The van der Waals surface area contributed by atoms with Crippen LogP contribution in [0.3, 0.4) is 0 Å². The Balaban J connectivity index is 1.43. The summed E-state index contributed by atoms with van der Waals surface area (Å²) in [6.07, 6.45) is 3.44. The van der Waals surface area contributed by atoms with E-state index in [1.54, 1.807) is 65.6 Å². The summed E-state index contributed by atoms with van der Waals surface area (Å²) in [5.74, 6) is 1.16. The van der Waals surface area contributed by atoms with E-state index in [9.17, 15) is 8.42 Å². The third kappa shape index (κ3) is 4.14. The first-order chi connectivity index (χ1) is 13.5. The van der Waals surface area contributed by atoms with Crippen LogP contribution >= 0.6 is 22.9 Å². The Hall–Kier alpha value is -2.95. The van der Waals surface area contributed by atoms with Gasteiger partial charge in [0.2, 0.25) is 0 Å². The van der Waals surface area contributed by atoms with Crippen molar-refractivity contribution < 1.29 is 8.42 Å². The molecule has 0 unspecified atom stereocenters. The Bertz CT molecular complexity index is 1170. The van der Waals surface area contributed by atoms with Crippen LogP contribution in [-0.2, 0) is 10.0 Å². The highest BCUT2D eigenvalue weighted by molar-refractivity contribution is 7.94. The van der Waals surface area contributed by atoms with Gasteiger partial charge in [-0.2, -0.15) is 5.10 Å². The van der Waals surface area contributed by atoms with Gasteiger partial charge < -0.3 is 5.32 Å². The van der Waals surface area contributed by atoms with Crippen LogP contribution in [0.15, 0.2) is 71.2 Å². The summed E-state index contributed by atoms with van der Waals surface area (Å²) in [6.45, 7) is 0. The largest absolute Gasteiger partial charge is 0.339 e. The van der Waals surface area contributed by atoms with Crippen molar-refractivity contribution in [2.45, 2.75) is 4.21 Å². The Morgan fingerprint density at radius 2 is 1.75 bits per heavy atom. The van der Waals surface area contributed by atoms with Crippen LogP contribution < -0.4 is 10.0 Å². The van der Waals surface area contributed by atoms with Gasteiger partial charge in [-0.15, -0.1) is 21.5 Å². The minimum absolute atomic E-state index is 0.159. The molecule has 28 heavy (non-hydrogen) atoms. The monoisotopic (exact) mass is 432 g/mol. The molecular weight excluding hydrogens is 420 g/mol. The molecule has 0 amide bonds. The van der Waals surface area contributed by atoms with Gasteiger partial charge in [0.1, 0.15) is 4.21 Å². The molecule has 3 heterocycles. The van der Waals surface area contributed by atoms with Gasteiger partial charge in [0.05, 0.1) is 4.34 Å². The lowest BCUT2D eigenvalue weighted by molar-refractivity contribution is 0.603. The maximum atomic E-state index is 12.3. The second kappa shape index (κ2) is 7.58. The minimum Gasteiger partial charge on any atom is -0.339 e. The number of hydrogen-bond donors (Lipinski definition) is 2. The van der Waals surface area contributed by atoms with E-state index in [4.69, 9.17) is 11.6 Å². The van der Waals surface area contributed by atoms with E-state index in [2.05, 4.69) is 25.3 Å². The summed E-state index contributed by atoms with van der Waals surface area (Å²) in [5.41, 5.74) is 1.18. The van der Waals surface area contributed by atoms with E-state index in [1.807, 2.05) is 0 Å². The number of sulfonamides is 1. The van der Waals surface area contributed by atoms with Gasteiger partial charge in [-0.25, -0.2) is 13.1 Å². The molecular formula is C17H13ClN6O2S2. The van der Waals surface area contributed by atoms with Gasteiger partial charge in [0.25, 0.3) is 10.0 Å². The lowest BCUT2D eigenvalue weighted by Gasteiger charge is -2.09. The predicted molar refractivity (Wildman–Crippen MR) is 109 cm³/mol. The SMILES string of the molecule is O=S(=O)(Nc1ccc(Nc2ccc(-n3cccn3)nn2)cc1)c1ccc(Cl)s1. The Morgan fingerprint density at radius 3 is 2.36 bits per heavy atom. The highest BCUT2D eigenvalue weighted by atomic mass is 35.5. The van der Waals surface area contributed by atoms with Crippen LogP contribution in [0.2, 0.25) is 4.34 Å². The van der Waals surface area contributed by atoms with Gasteiger partial charge >= 0.3 is 0 Å². The molecule has 8 nitrogen and oxygen atoms in total. The van der Waals surface area contributed by atoms with Gasteiger partial charge in [0.15, 0.2) is 11.6 Å². The van der Waals surface area contributed by atoms with Crippen LogP contribution in [0.1, 0.15) is 0 Å². The summed E-state index contributed by atoms with van der Waals surface area (Å²) in [5, 5.41) is 15.4. The number of aromatic nitrogens is 4. The number of halogens is 1. The van der Waals surface area contributed by atoms with Crippen molar-refractivity contribution >= 4 is 50.2 Å². The third-order valence-corrected chi connectivity index (χ3v) is 6.72. The van der Waals surface area contributed by atoms with Crippen molar-refractivity contribution in [2.75, 3.05) is 10.0 Å². The number of nitrogens with zero attached hydrogens (tertiary/aromatic N) is 4. The molecule has 0 spiro atoms. The van der Waals surface area contributed by atoms with Gasteiger partial charge in [-0.3, -0.25) is 4.72 Å². The number of thiophene rings is 1. The van der Waals surface area contributed by atoms with Gasteiger partial charge in [-0.1, -0.05) is 11.6 Å². The Morgan fingerprint density at radius 1 is 0.964 bits per heavy atom. The van der Waals surface area contributed by atoms with Crippen LogP contribution in [0.25, 0.3) is 5.82 Å². The molecule has 0 saturated heterocycles. The van der Waals surface area contributed by atoms with Crippen molar-refractivity contribution in [3.05, 3.63) is 71.3 Å². The molecule has 0 radical (unpaired) electrons. The molecule has 0 fully saturated rings. The van der Waals surface area contributed by atoms with Crippen molar-refractivity contribution in [1.29, 1.82) is 0 Å². The molecule has 142 valence electrons. The molecule has 1 aromatic carbocycles. The maximum absolute atomic E-state index is 12.3. The van der Waals surface area contributed by atoms with E-state index in [0.29, 0.717) is 21.7 Å². The molecule has 0 bridgehead atoms. The average Bonchev–Trinajstić information content (AvgIpc) is 3.36. The van der Waals surface area contributed by atoms with E-state index < -0.39 is 10.0 Å². The normalized spacial score (nSPS) is 11.3. The zero-order valence-corrected chi connectivity index (χ0v) is 16.5. The summed E-state index contributed by atoms with van der Waals surface area (Å²) in [7, 11) is -3.66. The number of rotatable bonds is 6. The smallest absolute Gasteiger partial charge is 0.271 e. The topological polar surface area (TPSA) is 102 Å². The molecule has 2 N–H and O–H groups in total. The standard InChI is InChI=1S/C17H13ClN6O2S2/c18-14-6-9-17(27-14)28(25,26)23-13-4-2-12(3-5-13)20-15-7-8-16(22-21-15)24-11-1-10-19-24/h1-11,23H,(H,20,21). The highest BCUT2D eigenvalue weighted by Crippen LogP contribution is 2.27. The van der Waals surface area contributed by atoms with Crippen LogP contribution in [-0.4, -0.2) is 28.4 Å². The molecule has 0 saturated carbocycles. The van der Waals surface area contributed by atoms with Crippen molar-refractivity contribution in [2.24, 2.45) is 0 Å². The summed E-state index contributed by atoms with van der Waals surface area (Å²) in [4.78, 5) is 0. The second-order valence-corrected chi connectivity index (χ2v) is 9.22. The molecule has 0 atom stereocenters. The van der Waals surface area contributed by atoms with Gasteiger partial charge in [0, 0.05) is 23.8 Å². The first-order valence-corrected chi connectivity index (χ1v) is 10.7. The van der Waals surface area contributed by atoms with E-state index in [-0.39, 0.29) is 4.21 Å². The predicted octanol–water partition coefficient (Wildman–Crippen LogP) is 3.92.